The Morgan fingerprint density at radius 2 is 1.96 bits per heavy atom. The van der Waals surface area contributed by atoms with E-state index in [0.717, 1.165) is 31.2 Å². The highest BCUT2D eigenvalue weighted by Crippen LogP contribution is 2.39. The van der Waals surface area contributed by atoms with E-state index < -0.39 is 0 Å². The van der Waals surface area contributed by atoms with E-state index in [4.69, 9.17) is 17.0 Å². The average Bonchev–Trinajstić information content (AvgIpc) is 3.21. The van der Waals surface area contributed by atoms with Gasteiger partial charge in [0.2, 0.25) is 5.91 Å². The summed E-state index contributed by atoms with van der Waals surface area (Å²) in [5.74, 6) is 0.299. The van der Waals surface area contributed by atoms with Gasteiger partial charge in [0.25, 0.3) is 0 Å². The summed E-state index contributed by atoms with van der Waals surface area (Å²) in [4.78, 5) is 25.8. The predicted molar refractivity (Wildman–Crippen MR) is 112 cm³/mol. The molecule has 3 rings (SSSR count). The summed E-state index contributed by atoms with van der Waals surface area (Å²) in [5.41, 5.74) is 1.67. The van der Waals surface area contributed by atoms with Crippen LogP contribution in [0.4, 0.5) is 5.00 Å². The zero-order chi connectivity index (χ0) is 19.2. The monoisotopic (exact) mass is 408 g/mol. The maximum Gasteiger partial charge on any atom is 0.341 e. The van der Waals surface area contributed by atoms with Crippen molar-refractivity contribution < 1.29 is 14.3 Å². The Bertz CT molecular complexity index is 708. The molecule has 2 aliphatic carbocycles. The second kappa shape index (κ2) is 9.64. The molecule has 1 aromatic rings. The molecule has 5 nitrogen and oxygen atoms in total. The van der Waals surface area contributed by atoms with Gasteiger partial charge in [0.1, 0.15) is 5.00 Å². The highest BCUT2D eigenvalue weighted by molar-refractivity contribution is 7.80. The highest BCUT2D eigenvalue weighted by atomic mass is 32.1. The lowest BCUT2D eigenvalue weighted by Crippen LogP contribution is -2.34. The average molecular weight is 409 g/mol. The first kappa shape index (κ1) is 20.3. The number of thiophene rings is 1. The Morgan fingerprint density at radius 3 is 2.70 bits per heavy atom. The van der Waals surface area contributed by atoms with Crippen molar-refractivity contribution in [1.82, 2.24) is 5.32 Å². The zero-order valence-electron chi connectivity index (χ0n) is 15.9. The van der Waals surface area contributed by atoms with Gasteiger partial charge in [0.15, 0.2) is 5.11 Å². The van der Waals surface area contributed by atoms with Crippen LogP contribution in [0.2, 0.25) is 0 Å². The third-order valence-electron chi connectivity index (χ3n) is 5.39. The minimum atomic E-state index is -0.314. The molecule has 0 unspecified atom stereocenters. The van der Waals surface area contributed by atoms with E-state index in [1.54, 1.807) is 18.3 Å². The molecule has 1 heterocycles. The summed E-state index contributed by atoms with van der Waals surface area (Å²) < 4.78 is 5.22. The molecule has 0 atom stereocenters. The van der Waals surface area contributed by atoms with Gasteiger partial charge in [-0.05, 0) is 56.3 Å². The Hall–Kier alpha value is -1.47. The molecule has 0 bridgehead atoms. The molecular weight excluding hydrogens is 380 g/mol. The molecule has 27 heavy (non-hydrogen) atoms. The number of fused-ring (bicyclic) bond motifs is 1. The quantitative estimate of drug-likeness (QED) is 0.532. The molecule has 1 aromatic heterocycles. The Kier molecular flexibility index (Phi) is 7.24. The molecule has 2 aliphatic rings. The van der Waals surface area contributed by atoms with E-state index in [0.29, 0.717) is 29.5 Å². The maximum atomic E-state index is 12.4. The first-order valence-electron chi connectivity index (χ1n) is 10.0. The second-order valence-electron chi connectivity index (χ2n) is 7.33. The van der Waals surface area contributed by atoms with Gasteiger partial charge in [-0.3, -0.25) is 4.79 Å². The third kappa shape index (κ3) is 5.29. The number of rotatable bonds is 6. The van der Waals surface area contributed by atoms with Crippen molar-refractivity contribution in [3.63, 3.8) is 0 Å². The summed E-state index contributed by atoms with van der Waals surface area (Å²) in [6, 6.07) is 0. The number of anilines is 1. The minimum Gasteiger partial charge on any atom is -0.462 e. The van der Waals surface area contributed by atoms with Gasteiger partial charge in [-0.1, -0.05) is 32.1 Å². The van der Waals surface area contributed by atoms with E-state index in [9.17, 15) is 9.59 Å². The van der Waals surface area contributed by atoms with Crippen LogP contribution in [-0.4, -0.2) is 23.6 Å². The van der Waals surface area contributed by atoms with Gasteiger partial charge >= 0.3 is 5.97 Å². The lowest BCUT2D eigenvalue weighted by Gasteiger charge is -2.21. The van der Waals surface area contributed by atoms with Crippen molar-refractivity contribution in [3.05, 3.63) is 16.0 Å². The largest absolute Gasteiger partial charge is 0.462 e. The van der Waals surface area contributed by atoms with Crippen molar-refractivity contribution in [2.24, 2.45) is 5.92 Å². The van der Waals surface area contributed by atoms with Crippen molar-refractivity contribution >= 4 is 45.5 Å². The van der Waals surface area contributed by atoms with E-state index >= 15 is 0 Å². The number of aryl methyl sites for hydroxylation is 1. The number of esters is 1. The van der Waals surface area contributed by atoms with Crippen LogP contribution in [0.1, 0.15) is 79.1 Å². The van der Waals surface area contributed by atoms with Gasteiger partial charge in [0.05, 0.1) is 12.2 Å². The molecule has 1 saturated carbocycles. The molecule has 0 saturated heterocycles. The molecule has 1 fully saturated rings. The van der Waals surface area contributed by atoms with Crippen LogP contribution < -0.4 is 10.6 Å². The van der Waals surface area contributed by atoms with Gasteiger partial charge in [-0.25, -0.2) is 4.79 Å². The summed E-state index contributed by atoms with van der Waals surface area (Å²) in [7, 11) is 0. The number of nitrogens with one attached hydrogen (secondary N) is 2. The molecule has 148 valence electrons. The number of hydrogen-bond donors (Lipinski definition) is 2. The molecule has 2 N–H and O–H groups in total. The van der Waals surface area contributed by atoms with Crippen LogP contribution in [0.3, 0.4) is 0 Å². The number of carbonyl (C=O) groups is 2. The van der Waals surface area contributed by atoms with E-state index in [1.165, 1.54) is 37.0 Å². The molecular formula is C20H28N2O3S2. The summed E-state index contributed by atoms with van der Waals surface area (Å²) >= 11 is 6.86. The van der Waals surface area contributed by atoms with E-state index in [2.05, 4.69) is 10.6 Å². The summed E-state index contributed by atoms with van der Waals surface area (Å²) in [6.07, 6.45) is 10.7. The molecule has 1 amide bonds. The van der Waals surface area contributed by atoms with Crippen molar-refractivity contribution in [2.45, 2.75) is 71.1 Å². The number of thiocarbonyl (C=S) groups is 1. The lowest BCUT2D eigenvalue weighted by atomic mass is 9.86. The Morgan fingerprint density at radius 1 is 1.19 bits per heavy atom. The molecule has 0 spiro atoms. The summed E-state index contributed by atoms with van der Waals surface area (Å²) in [5, 5.41) is 6.78. The van der Waals surface area contributed by atoms with Crippen molar-refractivity contribution in [2.75, 3.05) is 11.9 Å². The van der Waals surface area contributed by atoms with E-state index in [-0.39, 0.29) is 17.0 Å². The van der Waals surface area contributed by atoms with Crippen molar-refractivity contribution in [1.29, 1.82) is 0 Å². The molecule has 0 aliphatic heterocycles. The Balaban J connectivity index is 1.55. The third-order valence-corrected chi connectivity index (χ3v) is 6.80. The Labute approximate surface area is 170 Å². The van der Waals surface area contributed by atoms with Gasteiger partial charge < -0.3 is 15.4 Å². The van der Waals surface area contributed by atoms with Gasteiger partial charge in [-0.15, -0.1) is 11.3 Å². The smallest absolute Gasteiger partial charge is 0.341 e. The number of hydrogen-bond acceptors (Lipinski definition) is 5. The molecule has 7 heteroatoms. The predicted octanol–water partition coefficient (Wildman–Crippen LogP) is 4.59. The second-order valence-corrected chi connectivity index (χ2v) is 8.84. The SMILES string of the molecule is CCOC(=O)c1c(NC(=S)NC(=O)CCC2CCCCC2)sc2c1CCC2. The van der Waals surface area contributed by atoms with Crippen LogP contribution in [0.15, 0.2) is 0 Å². The van der Waals surface area contributed by atoms with Gasteiger partial charge in [0, 0.05) is 11.3 Å². The van der Waals surface area contributed by atoms with Crippen molar-refractivity contribution in [3.8, 4) is 0 Å². The lowest BCUT2D eigenvalue weighted by molar-refractivity contribution is -0.120. The number of amides is 1. The number of ether oxygens (including phenoxy) is 1. The fourth-order valence-corrected chi connectivity index (χ4v) is 5.61. The van der Waals surface area contributed by atoms with Crippen LogP contribution in [0.25, 0.3) is 0 Å². The van der Waals surface area contributed by atoms with Crippen LogP contribution in [0.5, 0.6) is 0 Å². The molecule has 0 radical (unpaired) electrons. The van der Waals surface area contributed by atoms with E-state index in [1.807, 2.05) is 0 Å². The van der Waals surface area contributed by atoms with Gasteiger partial charge in [-0.2, -0.15) is 0 Å². The first-order chi connectivity index (χ1) is 13.1. The van der Waals surface area contributed by atoms with Crippen LogP contribution in [0, 0.1) is 5.92 Å². The minimum absolute atomic E-state index is 0.0557. The first-order valence-corrected chi connectivity index (χ1v) is 11.2. The van der Waals surface area contributed by atoms with Crippen LogP contribution >= 0.6 is 23.6 Å². The van der Waals surface area contributed by atoms with Crippen LogP contribution in [-0.2, 0) is 22.4 Å². The normalized spacial score (nSPS) is 16.6. The number of carbonyl (C=O) groups excluding carboxylic acids is 2. The summed E-state index contributed by atoms with van der Waals surface area (Å²) in [6.45, 7) is 2.14. The zero-order valence-corrected chi connectivity index (χ0v) is 17.5. The maximum absolute atomic E-state index is 12.4. The highest BCUT2D eigenvalue weighted by Gasteiger charge is 2.28. The topological polar surface area (TPSA) is 67.4 Å². The standard InChI is InChI=1S/C20H28N2O3S2/c1-2-25-19(24)17-14-9-6-10-15(14)27-18(17)22-20(26)21-16(23)12-11-13-7-4-3-5-8-13/h13H,2-12H2,1H3,(H2,21,22,23,26). The fraction of sp³-hybridized carbons (Fsp3) is 0.650. The fourth-order valence-electron chi connectivity index (χ4n) is 4.05. The molecule has 0 aromatic carbocycles.